The summed E-state index contributed by atoms with van der Waals surface area (Å²) in [6, 6.07) is 4.27. The van der Waals surface area contributed by atoms with Crippen molar-refractivity contribution in [3.05, 3.63) is 35.8 Å². The zero-order valence-corrected chi connectivity index (χ0v) is 17.1. The van der Waals surface area contributed by atoms with Gasteiger partial charge in [0.05, 0.1) is 35.5 Å². The van der Waals surface area contributed by atoms with Crippen molar-refractivity contribution in [1.82, 2.24) is 10.3 Å². The molecule has 0 bridgehead atoms. The summed E-state index contributed by atoms with van der Waals surface area (Å²) in [5.74, 6) is -3.45. The number of halogens is 3. The lowest BCUT2D eigenvalue weighted by molar-refractivity contribution is -0.0265. The third-order valence-electron chi connectivity index (χ3n) is 6.26. The summed E-state index contributed by atoms with van der Waals surface area (Å²) in [4.78, 5) is 18.2. The van der Waals surface area contributed by atoms with Crippen LogP contribution in [0.15, 0.2) is 24.4 Å². The lowest BCUT2D eigenvalue weighted by Crippen LogP contribution is -2.56. The summed E-state index contributed by atoms with van der Waals surface area (Å²) < 4.78 is 40.6. The number of fused-ring (bicyclic) bond motifs is 1. The number of alkyl halides is 2. The zero-order chi connectivity index (χ0) is 21.7. The minimum absolute atomic E-state index is 0.0268. The average molecular weight is 421 g/mol. The van der Waals surface area contributed by atoms with E-state index in [9.17, 15) is 23.1 Å². The molecule has 8 heteroatoms. The number of carbonyl (C=O) groups is 1. The molecular formula is C22H26F3N3O2. The van der Waals surface area contributed by atoms with Crippen LogP contribution in [0.4, 0.5) is 18.9 Å². The molecule has 2 N–H and O–H groups in total. The molecule has 30 heavy (non-hydrogen) atoms. The van der Waals surface area contributed by atoms with E-state index in [0.29, 0.717) is 16.5 Å². The van der Waals surface area contributed by atoms with Crippen LogP contribution in [-0.2, 0) is 0 Å². The number of pyridine rings is 1. The number of aliphatic hydroxyl groups is 1. The van der Waals surface area contributed by atoms with Gasteiger partial charge in [-0.2, -0.15) is 0 Å². The Morgan fingerprint density at radius 1 is 1.20 bits per heavy atom. The first-order valence-electron chi connectivity index (χ1n) is 10.3. The molecule has 4 rings (SSSR count). The van der Waals surface area contributed by atoms with E-state index < -0.39 is 30.4 Å². The van der Waals surface area contributed by atoms with Crippen LogP contribution in [0.2, 0.25) is 0 Å². The first kappa shape index (κ1) is 20.9. The fraction of sp³-hybridized carbons (Fsp3) is 0.545. The topological polar surface area (TPSA) is 65.5 Å². The fourth-order valence-corrected chi connectivity index (χ4v) is 4.40. The van der Waals surface area contributed by atoms with Gasteiger partial charge in [0.2, 0.25) is 0 Å². The largest absolute Gasteiger partial charge is 0.390 e. The van der Waals surface area contributed by atoms with Crippen LogP contribution in [0.25, 0.3) is 10.9 Å². The number of benzene rings is 1. The number of hydrogen-bond acceptors (Lipinski definition) is 4. The molecule has 1 amide bonds. The number of anilines is 1. The molecule has 1 saturated carbocycles. The highest BCUT2D eigenvalue weighted by Crippen LogP contribution is 2.35. The van der Waals surface area contributed by atoms with Crippen molar-refractivity contribution < 1.29 is 23.1 Å². The Labute approximate surface area is 173 Å². The number of nitrogens with zero attached hydrogens (tertiary/aromatic N) is 2. The standard InChI is InChI=1S/C22H26F3N3O2/c1-21(2,30)15-3-5-16(6-4-15)27-20(29)14-7-13-8-17(23)19(9-18(13)26-10-14)28-11-22(24,25)12-28/h7-10,15-16,30H,3-6,11-12H2,1-2H3,(H,27,29)/t15-,16-. The van der Waals surface area contributed by atoms with Crippen LogP contribution < -0.4 is 10.2 Å². The molecule has 162 valence electrons. The van der Waals surface area contributed by atoms with Crippen molar-refractivity contribution in [2.45, 2.75) is 57.1 Å². The molecule has 2 fully saturated rings. The molecule has 1 aliphatic carbocycles. The Bertz CT molecular complexity index is 958. The van der Waals surface area contributed by atoms with Gasteiger partial charge in [0.25, 0.3) is 11.8 Å². The van der Waals surface area contributed by atoms with Crippen molar-refractivity contribution in [2.75, 3.05) is 18.0 Å². The summed E-state index contributed by atoms with van der Waals surface area (Å²) in [7, 11) is 0. The Morgan fingerprint density at radius 2 is 1.87 bits per heavy atom. The lowest BCUT2D eigenvalue weighted by atomic mass is 9.77. The minimum Gasteiger partial charge on any atom is -0.390 e. The van der Waals surface area contributed by atoms with E-state index in [4.69, 9.17) is 0 Å². The number of aromatic nitrogens is 1. The average Bonchev–Trinajstić information content (AvgIpc) is 2.64. The number of carbonyl (C=O) groups excluding carboxylic acids is 1. The minimum atomic E-state index is -2.79. The smallest absolute Gasteiger partial charge is 0.282 e. The Balaban J connectivity index is 1.44. The molecule has 0 unspecified atom stereocenters. The maximum absolute atomic E-state index is 14.4. The van der Waals surface area contributed by atoms with E-state index in [0.717, 1.165) is 25.7 Å². The molecule has 1 aromatic carbocycles. The van der Waals surface area contributed by atoms with Gasteiger partial charge < -0.3 is 15.3 Å². The van der Waals surface area contributed by atoms with Crippen molar-refractivity contribution in [2.24, 2.45) is 5.92 Å². The summed E-state index contributed by atoms with van der Waals surface area (Å²) >= 11 is 0. The van der Waals surface area contributed by atoms with E-state index in [1.54, 1.807) is 6.07 Å². The molecule has 2 aliphatic rings. The monoisotopic (exact) mass is 421 g/mol. The third-order valence-corrected chi connectivity index (χ3v) is 6.26. The molecule has 5 nitrogen and oxygen atoms in total. The maximum Gasteiger partial charge on any atom is 0.282 e. The van der Waals surface area contributed by atoms with Crippen LogP contribution in [-0.4, -0.2) is 46.7 Å². The molecule has 2 aromatic rings. The van der Waals surface area contributed by atoms with Gasteiger partial charge in [-0.15, -0.1) is 0 Å². The predicted octanol–water partition coefficient (Wildman–Crippen LogP) is 3.89. The molecule has 1 aromatic heterocycles. The second-order valence-electron chi connectivity index (χ2n) is 9.11. The quantitative estimate of drug-likeness (QED) is 0.786. The predicted molar refractivity (Wildman–Crippen MR) is 108 cm³/mol. The van der Waals surface area contributed by atoms with E-state index in [1.165, 1.54) is 23.2 Å². The number of hydrogen-bond donors (Lipinski definition) is 2. The number of rotatable bonds is 4. The molecule has 1 aliphatic heterocycles. The van der Waals surface area contributed by atoms with Gasteiger partial charge in [0.1, 0.15) is 5.82 Å². The van der Waals surface area contributed by atoms with Crippen molar-refractivity contribution in [3.8, 4) is 0 Å². The SMILES string of the molecule is CC(C)(O)[C@H]1CC[C@H](NC(=O)c2cnc3cc(N4CC(F)(F)C4)c(F)cc3c2)CC1. The molecule has 2 heterocycles. The molecule has 1 saturated heterocycles. The summed E-state index contributed by atoms with van der Waals surface area (Å²) in [5.41, 5.74) is 0.159. The van der Waals surface area contributed by atoms with Crippen molar-refractivity contribution in [1.29, 1.82) is 0 Å². The molecule has 0 atom stereocenters. The van der Waals surface area contributed by atoms with Gasteiger partial charge in [-0.05, 0) is 63.6 Å². The summed E-state index contributed by atoms with van der Waals surface area (Å²) in [6.45, 7) is 2.61. The molecule has 0 radical (unpaired) electrons. The van der Waals surface area contributed by atoms with Gasteiger partial charge in [-0.25, -0.2) is 13.2 Å². The Kier molecular flexibility index (Phi) is 5.16. The van der Waals surface area contributed by atoms with Crippen LogP contribution >= 0.6 is 0 Å². The lowest BCUT2D eigenvalue weighted by Gasteiger charge is -2.40. The van der Waals surface area contributed by atoms with Crippen molar-refractivity contribution >= 4 is 22.5 Å². The number of amides is 1. The number of nitrogens with one attached hydrogen (secondary N) is 1. The fourth-order valence-electron chi connectivity index (χ4n) is 4.40. The van der Waals surface area contributed by atoms with Crippen LogP contribution in [0.3, 0.4) is 0 Å². The first-order valence-corrected chi connectivity index (χ1v) is 10.3. The summed E-state index contributed by atoms with van der Waals surface area (Å²) in [6.07, 6.45) is 4.69. The van der Waals surface area contributed by atoms with Crippen LogP contribution in [0.1, 0.15) is 49.9 Å². The Morgan fingerprint density at radius 3 is 2.47 bits per heavy atom. The van der Waals surface area contributed by atoms with Gasteiger partial charge in [-0.3, -0.25) is 9.78 Å². The zero-order valence-electron chi connectivity index (χ0n) is 17.1. The van der Waals surface area contributed by atoms with E-state index in [2.05, 4.69) is 10.3 Å². The highest BCUT2D eigenvalue weighted by atomic mass is 19.3. The first-order chi connectivity index (χ1) is 14.0. The van der Waals surface area contributed by atoms with Crippen LogP contribution in [0, 0.1) is 11.7 Å². The summed E-state index contributed by atoms with van der Waals surface area (Å²) in [5, 5.41) is 13.6. The Hall–Kier alpha value is -2.35. The van der Waals surface area contributed by atoms with E-state index in [-0.39, 0.29) is 23.6 Å². The highest BCUT2D eigenvalue weighted by molar-refractivity contribution is 5.97. The third kappa shape index (κ3) is 4.24. The highest BCUT2D eigenvalue weighted by Gasteiger charge is 2.44. The molecule has 0 spiro atoms. The second kappa shape index (κ2) is 7.41. The van der Waals surface area contributed by atoms with E-state index >= 15 is 0 Å². The van der Waals surface area contributed by atoms with Crippen LogP contribution in [0.5, 0.6) is 0 Å². The normalized spacial score (nSPS) is 23.9. The van der Waals surface area contributed by atoms with E-state index in [1.807, 2.05) is 13.8 Å². The maximum atomic E-state index is 14.4. The van der Waals surface area contributed by atoms with Crippen molar-refractivity contribution in [3.63, 3.8) is 0 Å². The van der Waals surface area contributed by atoms with Gasteiger partial charge in [0, 0.05) is 17.6 Å². The molecular weight excluding hydrogens is 395 g/mol. The van der Waals surface area contributed by atoms with Gasteiger partial charge >= 0.3 is 0 Å². The van der Waals surface area contributed by atoms with Gasteiger partial charge in [0.15, 0.2) is 0 Å². The second-order valence-corrected chi connectivity index (χ2v) is 9.11. The van der Waals surface area contributed by atoms with Gasteiger partial charge in [-0.1, -0.05) is 0 Å².